The molecule has 2 unspecified atom stereocenters. The Morgan fingerprint density at radius 2 is 2.25 bits per heavy atom. The predicted molar refractivity (Wildman–Crippen MR) is 58.7 cm³/mol. The summed E-state index contributed by atoms with van der Waals surface area (Å²) in [6.45, 7) is 7.72. The summed E-state index contributed by atoms with van der Waals surface area (Å²) in [6, 6.07) is 0. The zero-order chi connectivity index (χ0) is 12.3. The molecule has 0 aliphatic carbocycles. The molecule has 0 aromatic rings. The second kappa shape index (κ2) is 4.85. The summed E-state index contributed by atoms with van der Waals surface area (Å²) in [4.78, 5) is 23.1. The highest BCUT2D eigenvalue weighted by Gasteiger charge is 2.43. The average Bonchev–Trinajstić information content (AvgIpc) is 2.63. The van der Waals surface area contributed by atoms with E-state index in [1.807, 2.05) is 13.8 Å². The van der Waals surface area contributed by atoms with E-state index in [2.05, 4.69) is 0 Å². The first-order valence-corrected chi connectivity index (χ1v) is 5.78. The van der Waals surface area contributed by atoms with Crippen LogP contribution in [0.4, 0.5) is 0 Å². The molecule has 0 aromatic carbocycles. The molecule has 1 aliphatic rings. The van der Waals surface area contributed by atoms with Crippen LogP contribution >= 0.6 is 0 Å². The minimum Gasteiger partial charge on any atom is -0.465 e. The monoisotopic (exact) mass is 228 g/mol. The van der Waals surface area contributed by atoms with Gasteiger partial charge in [0.25, 0.3) is 0 Å². The van der Waals surface area contributed by atoms with Gasteiger partial charge in [0, 0.05) is 0 Å². The fourth-order valence-corrected chi connectivity index (χ4v) is 1.72. The third-order valence-corrected chi connectivity index (χ3v) is 3.15. The Hall–Kier alpha value is -1.06. The highest BCUT2D eigenvalue weighted by atomic mass is 16.6. The molecule has 2 atom stereocenters. The number of ether oxygens (including phenoxy) is 2. The van der Waals surface area contributed by atoms with E-state index >= 15 is 0 Å². The predicted octanol–water partition coefficient (Wildman–Crippen LogP) is 1.92. The average molecular weight is 228 g/mol. The molecule has 1 saturated heterocycles. The number of cyclic esters (lactones) is 1. The van der Waals surface area contributed by atoms with Crippen molar-refractivity contribution < 1.29 is 19.1 Å². The molecule has 1 fully saturated rings. The summed E-state index contributed by atoms with van der Waals surface area (Å²) >= 11 is 0. The summed E-state index contributed by atoms with van der Waals surface area (Å²) in [5.41, 5.74) is -0.770. The van der Waals surface area contributed by atoms with E-state index in [4.69, 9.17) is 9.47 Å². The lowest BCUT2D eigenvalue weighted by Gasteiger charge is -2.29. The van der Waals surface area contributed by atoms with Crippen LogP contribution in [-0.4, -0.2) is 24.1 Å². The molecule has 1 aliphatic heterocycles. The van der Waals surface area contributed by atoms with Crippen molar-refractivity contribution in [1.29, 1.82) is 0 Å². The van der Waals surface area contributed by atoms with Crippen LogP contribution in [0.5, 0.6) is 0 Å². The lowest BCUT2D eigenvalue weighted by atomic mass is 9.89. The summed E-state index contributed by atoms with van der Waals surface area (Å²) in [5, 5.41) is 0. The molecule has 0 spiro atoms. The van der Waals surface area contributed by atoms with Gasteiger partial charge < -0.3 is 9.47 Å². The number of carbonyl (C=O) groups is 2. The van der Waals surface area contributed by atoms with Gasteiger partial charge >= 0.3 is 11.9 Å². The van der Waals surface area contributed by atoms with Crippen LogP contribution in [-0.2, 0) is 19.1 Å². The fraction of sp³-hybridized carbons (Fsp3) is 0.833. The van der Waals surface area contributed by atoms with Gasteiger partial charge in [0.2, 0.25) is 0 Å². The van der Waals surface area contributed by atoms with Crippen LogP contribution in [0.2, 0.25) is 0 Å². The van der Waals surface area contributed by atoms with Crippen molar-refractivity contribution in [3.05, 3.63) is 0 Å². The Balaban J connectivity index is 2.63. The normalized spacial score (nSPS) is 22.8. The number of esters is 2. The maximum Gasteiger partial charge on any atom is 0.313 e. The topological polar surface area (TPSA) is 52.6 Å². The van der Waals surface area contributed by atoms with Gasteiger partial charge in [0.15, 0.2) is 0 Å². The minimum absolute atomic E-state index is 0.128. The maximum atomic E-state index is 11.7. The number of carbonyl (C=O) groups excluding carboxylic acids is 2. The van der Waals surface area contributed by atoms with Gasteiger partial charge in [0.05, 0.1) is 18.4 Å². The van der Waals surface area contributed by atoms with Crippen LogP contribution < -0.4 is 0 Å². The van der Waals surface area contributed by atoms with Gasteiger partial charge in [0.1, 0.15) is 5.60 Å². The van der Waals surface area contributed by atoms with E-state index in [0.29, 0.717) is 13.0 Å². The summed E-state index contributed by atoms with van der Waals surface area (Å²) < 4.78 is 10.3. The smallest absolute Gasteiger partial charge is 0.313 e. The van der Waals surface area contributed by atoms with E-state index in [-0.39, 0.29) is 23.8 Å². The lowest BCUT2D eigenvalue weighted by Crippen LogP contribution is -2.40. The third-order valence-electron chi connectivity index (χ3n) is 3.15. The molecule has 0 saturated carbocycles. The summed E-state index contributed by atoms with van der Waals surface area (Å²) in [7, 11) is 0. The van der Waals surface area contributed by atoms with Gasteiger partial charge in [-0.05, 0) is 26.7 Å². The van der Waals surface area contributed by atoms with E-state index in [1.54, 1.807) is 13.8 Å². The van der Waals surface area contributed by atoms with E-state index in [0.717, 1.165) is 6.42 Å². The SMILES string of the molecule is CCC(C)C(=O)OC(C)(C)C1CCOC1=O. The molecule has 0 N–H and O–H groups in total. The van der Waals surface area contributed by atoms with Gasteiger partial charge in [-0.2, -0.15) is 0 Å². The van der Waals surface area contributed by atoms with Gasteiger partial charge in [-0.25, -0.2) is 0 Å². The van der Waals surface area contributed by atoms with Gasteiger partial charge in [-0.15, -0.1) is 0 Å². The third kappa shape index (κ3) is 2.74. The first-order valence-electron chi connectivity index (χ1n) is 5.78. The first kappa shape index (κ1) is 13.0. The zero-order valence-corrected chi connectivity index (χ0v) is 10.4. The Labute approximate surface area is 96.3 Å². The Morgan fingerprint density at radius 3 is 2.69 bits per heavy atom. The van der Waals surface area contributed by atoms with Crippen molar-refractivity contribution in [3.63, 3.8) is 0 Å². The second-order valence-electron chi connectivity index (χ2n) is 4.84. The number of rotatable bonds is 4. The molecule has 1 heterocycles. The number of hydrogen-bond donors (Lipinski definition) is 0. The Morgan fingerprint density at radius 1 is 1.62 bits per heavy atom. The van der Waals surface area contributed by atoms with Crippen molar-refractivity contribution in [1.82, 2.24) is 0 Å². The highest BCUT2D eigenvalue weighted by molar-refractivity contribution is 5.77. The minimum atomic E-state index is -0.770. The number of hydrogen-bond acceptors (Lipinski definition) is 4. The summed E-state index contributed by atoms with van der Waals surface area (Å²) in [5.74, 6) is -0.966. The van der Waals surface area contributed by atoms with Crippen molar-refractivity contribution in [2.45, 2.75) is 46.1 Å². The second-order valence-corrected chi connectivity index (χ2v) is 4.84. The van der Waals surface area contributed by atoms with Crippen LogP contribution in [0, 0.1) is 11.8 Å². The molecule has 0 amide bonds. The van der Waals surface area contributed by atoms with Crippen LogP contribution in [0.15, 0.2) is 0 Å². The summed E-state index contributed by atoms with van der Waals surface area (Å²) in [6.07, 6.45) is 1.36. The highest BCUT2D eigenvalue weighted by Crippen LogP contribution is 2.30. The molecule has 1 rings (SSSR count). The zero-order valence-electron chi connectivity index (χ0n) is 10.4. The Bertz CT molecular complexity index is 283. The fourth-order valence-electron chi connectivity index (χ4n) is 1.72. The molecule has 0 radical (unpaired) electrons. The van der Waals surface area contributed by atoms with Crippen molar-refractivity contribution in [2.24, 2.45) is 11.8 Å². The molecule has 16 heavy (non-hydrogen) atoms. The van der Waals surface area contributed by atoms with Crippen molar-refractivity contribution in [3.8, 4) is 0 Å². The standard InChI is InChI=1S/C12H20O4/c1-5-8(2)10(13)16-12(3,4)9-6-7-15-11(9)14/h8-9H,5-7H2,1-4H3. The molecule has 0 bridgehead atoms. The molecular weight excluding hydrogens is 208 g/mol. The van der Waals surface area contributed by atoms with Crippen molar-refractivity contribution >= 4 is 11.9 Å². The lowest BCUT2D eigenvalue weighted by molar-refractivity contribution is -0.169. The van der Waals surface area contributed by atoms with Crippen LogP contribution in [0.3, 0.4) is 0 Å². The van der Waals surface area contributed by atoms with Crippen LogP contribution in [0.1, 0.15) is 40.5 Å². The molecule has 0 aromatic heterocycles. The largest absolute Gasteiger partial charge is 0.465 e. The van der Waals surface area contributed by atoms with E-state index in [1.165, 1.54) is 0 Å². The first-order chi connectivity index (χ1) is 7.38. The Kier molecular flexibility index (Phi) is 3.94. The maximum absolute atomic E-state index is 11.7. The van der Waals surface area contributed by atoms with E-state index in [9.17, 15) is 9.59 Å². The van der Waals surface area contributed by atoms with E-state index < -0.39 is 5.60 Å². The quantitative estimate of drug-likeness (QED) is 0.690. The molecular formula is C12H20O4. The molecule has 4 heteroatoms. The molecule has 92 valence electrons. The van der Waals surface area contributed by atoms with Crippen molar-refractivity contribution in [2.75, 3.05) is 6.61 Å². The van der Waals surface area contributed by atoms with Gasteiger partial charge in [-0.3, -0.25) is 9.59 Å². The molecule has 4 nitrogen and oxygen atoms in total. The van der Waals surface area contributed by atoms with Crippen LogP contribution in [0.25, 0.3) is 0 Å². The van der Waals surface area contributed by atoms with Gasteiger partial charge in [-0.1, -0.05) is 13.8 Å².